The zero-order valence-electron chi connectivity index (χ0n) is 23.2. The van der Waals surface area contributed by atoms with Crippen LogP contribution in [0.4, 0.5) is 0 Å². The number of hydrogen-bond acceptors (Lipinski definition) is 3. The van der Waals surface area contributed by atoms with Crippen LogP contribution < -0.4 is 29.6 Å². The second-order valence-electron chi connectivity index (χ2n) is 8.74. The first-order valence-electron chi connectivity index (χ1n) is 13.2. The van der Waals surface area contributed by atoms with Gasteiger partial charge in [-0.2, -0.15) is 0 Å². The number of unbranched alkanes of at least 4 members (excludes halogenated alkanes) is 14. The van der Waals surface area contributed by atoms with Gasteiger partial charge >= 0.3 is 128 Å². The van der Waals surface area contributed by atoms with Crippen LogP contribution in [-0.4, -0.2) is 22.2 Å². The summed E-state index contributed by atoms with van der Waals surface area (Å²) in [5.41, 5.74) is 0.459. The van der Waals surface area contributed by atoms with E-state index in [0.717, 1.165) is 17.7 Å². The van der Waals surface area contributed by atoms with E-state index in [4.69, 9.17) is 10.2 Å². The van der Waals surface area contributed by atoms with Gasteiger partial charge in [0.1, 0.15) is 0 Å². The zero-order chi connectivity index (χ0) is 24.6. The number of hydrogen-bond donors (Lipinski definition) is 2. The van der Waals surface area contributed by atoms with Crippen LogP contribution in [0.3, 0.4) is 0 Å². The summed E-state index contributed by atoms with van der Waals surface area (Å²) in [4.78, 5) is 22.1. The quantitative estimate of drug-likeness (QED) is 0.123. The Morgan fingerprint density at radius 1 is 0.765 bits per heavy atom. The topological polar surface area (TPSA) is 74.6 Å². The van der Waals surface area contributed by atoms with E-state index < -0.39 is 35.0 Å². The molecule has 0 bridgehead atoms. The molecule has 188 valence electrons. The summed E-state index contributed by atoms with van der Waals surface area (Å²) in [5, 5.41) is 17.4. The van der Waals surface area contributed by atoms with Gasteiger partial charge in [-0.3, -0.25) is 4.79 Å². The Kier molecular flexibility index (Phi) is 30.2. The molecule has 4 nitrogen and oxygen atoms in total. The number of carboxylic acids is 2. The van der Waals surface area contributed by atoms with Gasteiger partial charge in [0, 0.05) is 6.42 Å². The molecule has 0 aliphatic carbocycles. The third kappa shape index (κ3) is 24.2. The fraction of sp³-hybridized carbons (Fsp3) is 0.704. The Labute approximate surface area is 247 Å². The van der Waals surface area contributed by atoms with Gasteiger partial charge in [0.25, 0.3) is 0 Å². The summed E-state index contributed by atoms with van der Waals surface area (Å²) in [6, 6.07) is 7.26. The predicted octanol–water partition coefficient (Wildman–Crippen LogP) is 6.36. The molecule has 1 rings (SSSR count). The fourth-order valence-corrected chi connectivity index (χ4v) is 12.4. The van der Waals surface area contributed by atoms with E-state index in [1.54, 1.807) is 12.1 Å². The van der Waals surface area contributed by atoms with Crippen molar-refractivity contribution in [2.75, 3.05) is 0 Å². The Bertz CT molecular complexity index is 623. The van der Waals surface area contributed by atoms with E-state index in [0.29, 0.717) is 12.0 Å². The number of rotatable bonds is 20. The van der Waals surface area contributed by atoms with Crippen LogP contribution in [0.1, 0.15) is 128 Å². The van der Waals surface area contributed by atoms with Crippen molar-refractivity contribution >= 4 is 20.2 Å². The van der Waals surface area contributed by atoms with E-state index in [-0.39, 0.29) is 31.0 Å². The molecule has 1 aromatic carbocycles. The maximum Gasteiger partial charge on any atom is 1.00 e. The van der Waals surface area contributed by atoms with Gasteiger partial charge in [0.15, 0.2) is 0 Å². The minimum Gasteiger partial charge on any atom is -1.00 e. The Morgan fingerprint density at radius 3 is 1.62 bits per heavy atom. The van der Waals surface area contributed by atoms with Crippen molar-refractivity contribution in [3.8, 4) is 0 Å². The molecule has 34 heavy (non-hydrogen) atoms. The number of aromatic carboxylic acids is 1. The first-order valence-corrected chi connectivity index (χ1v) is 24.8. The Balaban J connectivity index is -0.000000594. The van der Waals surface area contributed by atoms with Crippen molar-refractivity contribution < 1.29 is 73.8 Å². The van der Waals surface area contributed by atoms with E-state index >= 15 is 0 Å². The molecule has 0 fully saturated rings. The number of aliphatic carboxylic acids is 1. The van der Waals surface area contributed by atoms with Gasteiger partial charge in [-0.15, -0.1) is 0 Å². The molecule has 0 aliphatic rings. The molecular formula is C27H47HgNaO4S. The van der Waals surface area contributed by atoms with Gasteiger partial charge in [-0.05, 0) is 6.42 Å². The van der Waals surface area contributed by atoms with Crippen LogP contribution in [0.25, 0.3) is 0 Å². The second kappa shape index (κ2) is 28.0. The van der Waals surface area contributed by atoms with Crippen molar-refractivity contribution in [1.29, 1.82) is 0 Å². The monoisotopic (exact) mass is 692 g/mol. The Hall–Kier alpha value is 0.445. The fourth-order valence-electron chi connectivity index (χ4n) is 3.63. The summed E-state index contributed by atoms with van der Waals surface area (Å²) in [7, 11) is 1.82. The van der Waals surface area contributed by atoms with E-state index in [2.05, 4.69) is 13.8 Å². The van der Waals surface area contributed by atoms with Gasteiger partial charge in [0.2, 0.25) is 0 Å². The molecule has 2 N–H and O–H groups in total. The average molecular weight is 691 g/mol. The van der Waals surface area contributed by atoms with Crippen LogP contribution in [0.5, 0.6) is 0 Å². The molecule has 0 aromatic heterocycles. The van der Waals surface area contributed by atoms with Crippen molar-refractivity contribution in [3.05, 3.63) is 29.8 Å². The molecule has 0 saturated heterocycles. The number of carboxylic acid groups (broad SMARTS) is 2. The summed E-state index contributed by atoms with van der Waals surface area (Å²) in [6.45, 7) is 4.45. The summed E-state index contributed by atoms with van der Waals surface area (Å²) < 4.78 is 1.28. The van der Waals surface area contributed by atoms with Gasteiger partial charge < -0.3 is 6.53 Å². The SMILES string of the molecule is CCCCCCCCCCCCCCCCCC(=O)O.C[CH2][Hg][S]c1ccccc1C(=O)O.[H-].[Na+]. The van der Waals surface area contributed by atoms with Crippen LogP contribution >= 0.6 is 8.24 Å². The molecule has 0 heterocycles. The van der Waals surface area contributed by atoms with Crippen molar-refractivity contribution in [2.24, 2.45) is 0 Å². The molecule has 1 aromatic rings. The first kappa shape index (κ1) is 36.6. The molecule has 0 atom stereocenters. The summed E-state index contributed by atoms with van der Waals surface area (Å²) in [5.74, 6) is -1.47. The predicted molar refractivity (Wildman–Crippen MR) is 138 cm³/mol. The van der Waals surface area contributed by atoms with E-state index in [1.165, 1.54) is 87.4 Å². The smallest absolute Gasteiger partial charge is 1.00 e. The van der Waals surface area contributed by atoms with Crippen molar-refractivity contribution in [1.82, 2.24) is 0 Å². The molecule has 0 unspecified atom stereocenters. The zero-order valence-corrected chi connectivity index (χ0v) is 30.5. The minimum atomic E-state index is -0.860. The average Bonchev–Trinajstić information content (AvgIpc) is 2.80. The number of carbonyl (C=O) groups is 2. The normalized spacial score (nSPS) is 9.94. The van der Waals surface area contributed by atoms with Gasteiger partial charge in [-0.25, -0.2) is 0 Å². The van der Waals surface area contributed by atoms with E-state index in [9.17, 15) is 9.59 Å². The Morgan fingerprint density at radius 2 is 1.21 bits per heavy atom. The molecular weight excluding hydrogens is 644 g/mol. The second-order valence-corrected chi connectivity index (χ2v) is 21.9. The first-order chi connectivity index (χ1) is 16.0. The van der Waals surface area contributed by atoms with Gasteiger partial charge in [-0.1, -0.05) is 96.8 Å². The molecule has 0 spiro atoms. The molecule has 0 amide bonds. The van der Waals surface area contributed by atoms with E-state index in [1.807, 2.05) is 20.4 Å². The third-order valence-corrected chi connectivity index (χ3v) is 17.6. The maximum atomic E-state index is 10.8. The third-order valence-electron chi connectivity index (χ3n) is 5.57. The standard InChI is InChI=1S/C18H36O2.C7H6O2S.C2H5.Hg.Na.H/c1-2-3-4-5-6-7-8-9-10-11-12-13-14-15-16-17-18(19)20;8-7(9)5-3-1-2-4-6(5)10;1-2;;;/h2-17H2,1H3,(H,19,20);1-4,10H,(H,8,9);1H2,2H3;;;/q;;;2*+1;-1/p-1. The molecule has 7 heteroatoms. The van der Waals surface area contributed by atoms with Gasteiger partial charge in [0.05, 0.1) is 0 Å². The van der Waals surface area contributed by atoms with Crippen LogP contribution in [-0.2, 0) is 27.9 Å². The van der Waals surface area contributed by atoms with Crippen LogP contribution in [0.15, 0.2) is 29.2 Å². The molecule has 0 radical (unpaired) electrons. The van der Waals surface area contributed by atoms with Crippen LogP contribution in [0, 0.1) is 0 Å². The largest absolute Gasteiger partial charge is 1.00 e. The molecule has 0 aliphatic heterocycles. The minimum absolute atomic E-state index is 0. The number of benzene rings is 1. The van der Waals surface area contributed by atoms with Crippen molar-refractivity contribution in [3.63, 3.8) is 0 Å². The van der Waals surface area contributed by atoms with Crippen LogP contribution in [0.2, 0.25) is 3.93 Å². The molecule has 0 saturated carbocycles. The summed E-state index contributed by atoms with van der Waals surface area (Å²) in [6.07, 6.45) is 20.2. The summed E-state index contributed by atoms with van der Waals surface area (Å²) >= 11 is -0.860. The van der Waals surface area contributed by atoms with Crippen molar-refractivity contribution in [2.45, 2.75) is 125 Å². The maximum absolute atomic E-state index is 10.8.